The van der Waals surface area contributed by atoms with Gasteiger partial charge in [0.25, 0.3) is 0 Å². The second-order valence-corrected chi connectivity index (χ2v) is 5.76. The van der Waals surface area contributed by atoms with E-state index in [1.807, 2.05) is 16.8 Å². The molecule has 1 aromatic heterocycles. The maximum absolute atomic E-state index is 10.9. The fraction of sp³-hybridized carbons (Fsp3) is 0.500. The lowest BCUT2D eigenvalue weighted by Crippen LogP contribution is -2.43. The lowest BCUT2D eigenvalue weighted by Gasteiger charge is -2.35. The quantitative estimate of drug-likeness (QED) is 0.826. The van der Waals surface area contributed by atoms with Crippen LogP contribution < -0.4 is 5.73 Å². The van der Waals surface area contributed by atoms with E-state index in [1.54, 1.807) is 11.3 Å². The number of thiophene rings is 1. The standard InChI is InChI=1S/C12H16N2O2S2/c13-11(17)10(9-3-6-18-7-9)14-4-1-8(2-5-14)12(15)16/h3,6-8,10H,1-2,4-5H2,(H2,13,17)(H,15,16). The van der Waals surface area contributed by atoms with Crippen LogP contribution in [0.2, 0.25) is 0 Å². The normalized spacial score (nSPS) is 19.6. The number of hydrogen-bond acceptors (Lipinski definition) is 4. The topological polar surface area (TPSA) is 66.6 Å². The van der Waals surface area contributed by atoms with E-state index >= 15 is 0 Å². The number of piperidine rings is 1. The van der Waals surface area contributed by atoms with E-state index in [4.69, 9.17) is 23.1 Å². The van der Waals surface area contributed by atoms with Crippen LogP contribution in [-0.2, 0) is 4.79 Å². The highest BCUT2D eigenvalue weighted by Crippen LogP contribution is 2.28. The average Bonchev–Trinajstić information content (AvgIpc) is 2.83. The van der Waals surface area contributed by atoms with Crippen LogP contribution in [0.15, 0.2) is 16.8 Å². The number of aliphatic carboxylic acids is 1. The van der Waals surface area contributed by atoms with Crippen molar-refractivity contribution in [2.45, 2.75) is 18.9 Å². The molecule has 2 rings (SSSR count). The first-order chi connectivity index (χ1) is 8.59. The number of nitrogens with zero attached hydrogens (tertiary/aromatic N) is 1. The molecule has 1 atom stereocenters. The molecular formula is C12H16N2O2S2. The predicted octanol–water partition coefficient (Wildman–Crippen LogP) is 1.87. The van der Waals surface area contributed by atoms with Gasteiger partial charge in [-0.1, -0.05) is 12.2 Å². The first kappa shape index (κ1) is 13.5. The Balaban J connectivity index is 2.06. The molecule has 1 aliphatic rings. The molecule has 3 N–H and O–H groups in total. The molecule has 1 fully saturated rings. The van der Waals surface area contributed by atoms with Gasteiger partial charge in [-0.15, -0.1) is 0 Å². The number of hydrogen-bond donors (Lipinski definition) is 2. The summed E-state index contributed by atoms with van der Waals surface area (Å²) in [6, 6.07) is 1.97. The monoisotopic (exact) mass is 284 g/mol. The zero-order chi connectivity index (χ0) is 13.1. The minimum Gasteiger partial charge on any atom is -0.481 e. The van der Waals surface area contributed by atoms with Crippen molar-refractivity contribution in [3.63, 3.8) is 0 Å². The highest BCUT2D eigenvalue weighted by molar-refractivity contribution is 7.80. The van der Waals surface area contributed by atoms with E-state index in [2.05, 4.69) is 4.90 Å². The highest BCUT2D eigenvalue weighted by Gasteiger charge is 2.30. The summed E-state index contributed by atoms with van der Waals surface area (Å²) in [7, 11) is 0. The van der Waals surface area contributed by atoms with E-state index in [0.717, 1.165) is 18.7 Å². The zero-order valence-electron chi connectivity index (χ0n) is 9.91. The molecule has 0 bridgehead atoms. The Kier molecular flexibility index (Phi) is 4.31. The van der Waals surface area contributed by atoms with E-state index in [0.29, 0.717) is 17.8 Å². The molecule has 0 amide bonds. The smallest absolute Gasteiger partial charge is 0.306 e. The molecule has 0 radical (unpaired) electrons. The molecular weight excluding hydrogens is 268 g/mol. The zero-order valence-corrected chi connectivity index (χ0v) is 11.5. The molecule has 1 aliphatic heterocycles. The van der Waals surface area contributed by atoms with Crippen molar-refractivity contribution < 1.29 is 9.90 Å². The second-order valence-electron chi connectivity index (χ2n) is 4.51. The molecule has 6 heteroatoms. The van der Waals surface area contributed by atoms with Gasteiger partial charge in [0, 0.05) is 0 Å². The lowest BCUT2D eigenvalue weighted by atomic mass is 9.95. The van der Waals surface area contributed by atoms with E-state index in [9.17, 15) is 4.79 Å². The van der Waals surface area contributed by atoms with Crippen molar-refractivity contribution in [2.75, 3.05) is 13.1 Å². The maximum atomic E-state index is 10.9. The van der Waals surface area contributed by atoms with Crippen LogP contribution in [0.4, 0.5) is 0 Å². The third kappa shape index (κ3) is 2.88. The Hall–Kier alpha value is -0.980. The molecule has 4 nitrogen and oxygen atoms in total. The van der Waals surface area contributed by atoms with E-state index in [-0.39, 0.29) is 12.0 Å². The number of nitrogens with two attached hydrogens (primary N) is 1. The largest absolute Gasteiger partial charge is 0.481 e. The summed E-state index contributed by atoms with van der Waals surface area (Å²) in [6.07, 6.45) is 1.33. The van der Waals surface area contributed by atoms with Gasteiger partial charge in [-0.25, -0.2) is 0 Å². The molecule has 0 aliphatic carbocycles. The molecule has 1 saturated heterocycles. The van der Waals surface area contributed by atoms with Crippen LogP contribution in [0.25, 0.3) is 0 Å². The first-order valence-electron chi connectivity index (χ1n) is 5.88. The van der Waals surface area contributed by atoms with Crippen LogP contribution in [0.5, 0.6) is 0 Å². The van der Waals surface area contributed by atoms with Gasteiger partial charge >= 0.3 is 5.97 Å². The number of rotatable bonds is 4. The second kappa shape index (κ2) is 5.77. The van der Waals surface area contributed by atoms with Gasteiger partial charge in [-0.05, 0) is 48.3 Å². The summed E-state index contributed by atoms with van der Waals surface area (Å²) < 4.78 is 0. The van der Waals surface area contributed by atoms with Crippen molar-refractivity contribution in [1.82, 2.24) is 4.90 Å². The van der Waals surface area contributed by atoms with Gasteiger partial charge in [0.1, 0.15) is 0 Å². The summed E-state index contributed by atoms with van der Waals surface area (Å²) in [4.78, 5) is 13.6. The van der Waals surface area contributed by atoms with Gasteiger partial charge in [-0.3, -0.25) is 9.69 Å². The minimum absolute atomic E-state index is 0.0546. The molecule has 0 spiro atoms. The van der Waals surface area contributed by atoms with Gasteiger partial charge < -0.3 is 10.8 Å². The van der Waals surface area contributed by atoms with Crippen molar-refractivity contribution in [3.8, 4) is 0 Å². The number of thiocarbonyl (C=S) groups is 1. The number of likely N-dealkylation sites (tertiary alicyclic amines) is 1. The first-order valence-corrected chi connectivity index (χ1v) is 7.23. The fourth-order valence-corrected chi connectivity index (χ4v) is 3.35. The predicted molar refractivity (Wildman–Crippen MR) is 75.8 cm³/mol. The number of carboxylic acid groups (broad SMARTS) is 1. The van der Waals surface area contributed by atoms with Gasteiger partial charge in [0.05, 0.1) is 16.9 Å². The van der Waals surface area contributed by atoms with Gasteiger partial charge in [0.15, 0.2) is 0 Å². The molecule has 0 saturated carbocycles. The molecule has 0 aromatic carbocycles. The van der Waals surface area contributed by atoms with Crippen LogP contribution in [0, 0.1) is 5.92 Å². The van der Waals surface area contributed by atoms with Gasteiger partial charge in [0.2, 0.25) is 0 Å². The minimum atomic E-state index is -0.697. The lowest BCUT2D eigenvalue weighted by molar-refractivity contribution is -0.143. The summed E-state index contributed by atoms with van der Waals surface area (Å²) in [6.45, 7) is 1.46. The van der Waals surface area contributed by atoms with Crippen LogP contribution in [0.3, 0.4) is 0 Å². The fourth-order valence-electron chi connectivity index (χ4n) is 2.39. The summed E-state index contributed by atoms with van der Waals surface area (Å²) in [5.41, 5.74) is 6.94. The Morgan fingerprint density at radius 3 is 2.67 bits per heavy atom. The Labute approximate surface area is 115 Å². The summed E-state index contributed by atoms with van der Waals surface area (Å²) in [5.74, 6) is -0.923. The SMILES string of the molecule is NC(=S)C(c1ccsc1)N1CCC(C(=O)O)CC1. The molecule has 98 valence electrons. The maximum Gasteiger partial charge on any atom is 0.306 e. The number of carboxylic acids is 1. The Morgan fingerprint density at radius 1 is 1.56 bits per heavy atom. The van der Waals surface area contributed by atoms with E-state index in [1.165, 1.54) is 0 Å². The third-order valence-electron chi connectivity index (χ3n) is 3.37. The number of carbonyl (C=O) groups is 1. The van der Waals surface area contributed by atoms with Crippen LogP contribution in [-0.4, -0.2) is 34.1 Å². The molecule has 2 heterocycles. The Morgan fingerprint density at radius 2 is 2.22 bits per heavy atom. The van der Waals surface area contributed by atoms with Gasteiger partial charge in [-0.2, -0.15) is 11.3 Å². The van der Waals surface area contributed by atoms with Crippen molar-refractivity contribution >= 4 is 34.5 Å². The van der Waals surface area contributed by atoms with E-state index < -0.39 is 5.97 Å². The van der Waals surface area contributed by atoms with Crippen molar-refractivity contribution in [2.24, 2.45) is 11.7 Å². The molecule has 18 heavy (non-hydrogen) atoms. The van der Waals surface area contributed by atoms with Crippen LogP contribution in [0.1, 0.15) is 24.4 Å². The summed E-state index contributed by atoms with van der Waals surface area (Å²) >= 11 is 6.77. The molecule has 1 unspecified atom stereocenters. The van der Waals surface area contributed by atoms with Crippen molar-refractivity contribution in [3.05, 3.63) is 22.4 Å². The summed E-state index contributed by atoms with van der Waals surface area (Å²) in [5, 5.41) is 13.0. The molecule has 1 aromatic rings. The highest BCUT2D eigenvalue weighted by atomic mass is 32.1. The Bertz CT molecular complexity index is 425. The van der Waals surface area contributed by atoms with Crippen LogP contribution >= 0.6 is 23.6 Å². The third-order valence-corrected chi connectivity index (χ3v) is 4.30. The van der Waals surface area contributed by atoms with Crippen molar-refractivity contribution in [1.29, 1.82) is 0 Å². The average molecular weight is 284 g/mol.